The Morgan fingerprint density at radius 3 is 3.11 bits per heavy atom. The molecule has 2 heterocycles. The van der Waals surface area contributed by atoms with Crippen molar-refractivity contribution >= 4 is 18.0 Å². The third kappa shape index (κ3) is 2.62. The molecule has 0 saturated carbocycles. The first kappa shape index (κ1) is 12.2. The Bertz CT molecular complexity index is 409. The second-order valence-corrected chi connectivity index (χ2v) is 6.69. The summed E-state index contributed by atoms with van der Waals surface area (Å²) in [5.74, 6) is 0.271. The second-order valence-electron chi connectivity index (χ2n) is 5.35. The van der Waals surface area contributed by atoms with Gasteiger partial charge in [-0.2, -0.15) is 0 Å². The van der Waals surface area contributed by atoms with Crippen LogP contribution in [-0.2, 0) is 11.2 Å². The van der Waals surface area contributed by atoms with Gasteiger partial charge in [0.2, 0.25) is 0 Å². The fourth-order valence-electron chi connectivity index (χ4n) is 3.01. The van der Waals surface area contributed by atoms with Gasteiger partial charge in [-0.25, -0.2) is 0 Å². The number of thioether (sulfide) groups is 1. The fraction of sp³-hybridized carbons (Fsp3) is 0.533. The zero-order valence-corrected chi connectivity index (χ0v) is 11.4. The van der Waals surface area contributed by atoms with Gasteiger partial charge < -0.3 is 9.69 Å². The van der Waals surface area contributed by atoms with Gasteiger partial charge in [0.1, 0.15) is 6.29 Å². The summed E-state index contributed by atoms with van der Waals surface area (Å²) in [5, 5.41) is 0.674. The first-order valence-corrected chi connectivity index (χ1v) is 7.65. The van der Waals surface area contributed by atoms with Gasteiger partial charge in [0, 0.05) is 29.2 Å². The molecule has 1 saturated heterocycles. The van der Waals surface area contributed by atoms with Crippen molar-refractivity contribution in [2.45, 2.75) is 29.4 Å². The van der Waals surface area contributed by atoms with Crippen LogP contribution in [0, 0.1) is 5.92 Å². The molecule has 2 atom stereocenters. The van der Waals surface area contributed by atoms with Crippen LogP contribution in [0.2, 0.25) is 0 Å². The van der Waals surface area contributed by atoms with Crippen molar-refractivity contribution in [3.63, 3.8) is 0 Å². The summed E-state index contributed by atoms with van der Waals surface area (Å²) in [6, 6.07) is 8.72. The minimum absolute atomic E-state index is 0.271. The van der Waals surface area contributed by atoms with Crippen LogP contribution in [0.5, 0.6) is 0 Å². The molecule has 0 N–H and O–H groups in total. The molecule has 2 aliphatic rings. The molecule has 2 unspecified atom stereocenters. The van der Waals surface area contributed by atoms with E-state index in [1.54, 1.807) is 0 Å². The molecule has 2 nitrogen and oxygen atoms in total. The molecule has 3 heteroatoms. The van der Waals surface area contributed by atoms with Crippen LogP contribution in [0.4, 0.5) is 0 Å². The number of piperidine rings is 1. The highest BCUT2D eigenvalue weighted by atomic mass is 32.2. The van der Waals surface area contributed by atoms with Crippen LogP contribution in [0.1, 0.15) is 18.4 Å². The lowest BCUT2D eigenvalue weighted by molar-refractivity contribution is -0.112. The quantitative estimate of drug-likeness (QED) is 0.780. The monoisotopic (exact) mass is 261 g/mol. The molecule has 1 aromatic rings. The molecule has 1 aromatic carbocycles. The van der Waals surface area contributed by atoms with E-state index in [0.29, 0.717) is 5.25 Å². The predicted octanol–water partition coefficient (Wildman–Crippen LogP) is 2.61. The van der Waals surface area contributed by atoms with Crippen LogP contribution in [0.3, 0.4) is 0 Å². The third-order valence-corrected chi connectivity index (χ3v) is 5.21. The number of fused-ring (bicyclic) bond motifs is 1. The number of nitrogens with zero attached hydrogens (tertiary/aromatic N) is 1. The summed E-state index contributed by atoms with van der Waals surface area (Å²) in [7, 11) is 0. The number of hydrogen-bond donors (Lipinski definition) is 0. The topological polar surface area (TPSA) is 20.3 Å². The highest BCUT2D eigenvalue weighted by Crippen LogP contribution is 2.37. The van der Waals surface area contributed by atoms with E-state index in [-0.39, 0.29) is 5.92 Å². The summed E-state index contributed by atoms with van der Waals surface area (Å²) in [5.41, 5.74) is 1.50. The SMILES string of the molecule is O=CC1CCCN(CC2Cc3ccccc3S2)C1. The molecule has 0 radical (unpaired) electrons. The number of aldehydes is 1. The van der Waals surface area contributed by atoms with E-state index in [1.165, 1.54) is 23.3 Å². The minimum Gasteiger partial charge on any atom is -0.303 e. The van der Waals surface area contributed by atoms with Crippen molar-refractivity contribution in [3.05, 3.63) is 29.8 Å². The zero-order valence-electron chi connectivity index (χ0n) is 10.5. The Hall–Kier alpha value is -0.800. The molecule has 0 amide bonds. The lowest BCUT2D eigenvalue weighted by atomic mass is 9.99. The lowest BCUT2D eigenvalue weighted by Gasteiger charge is -2.31. The Balaban J connectivity index is 1.57. The van der Waals surface area contributed by atoms with Crippen LogP contribution in [-0.4, -0.2) is 36.1 Å². The van der Waals surface area contributed by atoms with E-state index in [0.717, 1.165) is 32.3 Å². The fourth-order valence-corrected chi connectivity index (χ4v) is 4.38. The summed E-state index contributed by atoms with van der Waals surface area (Å²) in [6.45, 7) is 3.26. The highest BCUT2D eigenvalue weighted by molar-refractivity contribution is 8.00. The number of carbonyl (C=O) groups is 1. The van der Waals surface area contributed by atoms with Crippen molar-refractivity contribution in [1.82, 2.24) is 4.90 Å². The lowest BCUT2D eigenvalue weighted by Crippen LogP contribution is -2.39. The molecule has 0 spiro atoms. The van der Waals surface area contributed by atoms with Gasteiger partial charge in [-0.05, 0) is 37.4 Å². The largest absolute Gasteiger partial charge is 0.303 e. The average molecular weight is 261 g/mol. The van der Waals surface area contributed by atoms with Gasteiger partial charge in [-0.1, -0.05) is 18.2 Å². The van der Waals surface area contributed by atoms with E-state index in [2.05, 4.69) is 29.2 Å². The molecule has 0 bridgehead atoms. The Morgan fingerprint density at radius 1 is 1.39 bits per heavy atom. The minimum atomic E-state index is 0.271. The number of rotatable bonds is 3. The molecule has 18 heavy (non-hydrogen) atoms. The maximum Gasteiger partial charge on any atom is 0.124 e. The predicted molar refractivity (Wildman–Crippen MR) is 75.0 cm³/mol. The normalized spacial score (nSPS) is 28.0. The maximum absolute atomic E-state index is 10.9. The van der Waals surface area contributed by atoms with Crippen molar-refractivity contribution < 1.29 is 4.79 Å². The molecule has 0 aliphatic carbocycles. The number of carbonyl (C=O) groups excluding carboxylic acids is 1. The van der Waals surface area contributed by atoms with Crippen LogP contribution < -0.4 is 0 Å². The molecular formula is C15H19NOS. The van der Waals surface area contributed by atoms with Gasteiger partial charge in [0.15, 0.2) is 0 Å². The summed E-state index contributed by atoms with van der Waals surface area (Å²) < 4.78 is 0. The third-order valence-electron chi connectivity index (χ3n) is 3.91. The smallest absolute Gasteiger partial charge is 0.124 e. The standard InChI is InChI=1S/C15H19NOS/c17-11-12-4-3-7-16(9-12)10-14-8-13-5-1-2-6-15(13)18-14/h1-2,5-6,11-12,14H,3-4,7-10H2. The first-order valence-electron chi connectivity index (χ1n) is 6.77. The molecular weight excluding hydrogens is 242 g/mol. The van der Waals surface area contributed by atoms with Crippen molar-refractivity contribution in [1.29, 1.82) is 0 Å². The summed E-state index contributed by atoms with van der Waals surface area (Å²) in [6.07, 6.45) is 4.58. The summed E-state index contributed by atoms with van der Waals surface area (Å²) in [4.78, 5) is 14.8. The van der Waals surface area contributed by atoms with Crippen molar-refractivity contribution in [2.75, 3.05) is 19.6 Å². The Kier molecular flexibility index (Phi) is 3.71. The zero-order chi connectivity index (χ0) is 12.4. The second kappa shape index (κ2) is 5.45. The Morgan fingerprint density at radius 2 is 2.28 bits per heavy atom. The molecule has 1 fully saturated rings. The summed E-state index contributed by atoms with van der Waals surface area (Å²) >= 11 is 2.01. The molecule has 96 valence electrons. The average Bonchev–Trinajstić information content (AvgIpc) is 2.81. The van der Waals surface area contributed by atoms with E-state index in [4.69, 9.17) is 0 Å². The van der Waals surface area contributed by atoms with Crippen LogP contribution >= 0.6 is 11.8 Å². The van der Waals surface area contributed by atoms with Gasteiger partial charge >= 0.3 is 0 Å². The van der Waals surface area contributed by atoms with E-state index in [9.17, 15) is 4.79 Å². The Labute approximate surface area is 113 Å². The first-order chi connectivity index (χ1) is 8.85. The van der Waals surface area contributed by atoms with Crippen molar-refractivity contribution in [2.24, 2.45) is 5.92 Å². The molecule has 2 aliphatic heterocycles. The van der Waals surface area contributed by atoms with Gasteiger partial charge in [-0.15, -0.1) is 11.8 Å². The van der Waals surface area contributed by atoms with Crippen molar-refractivity contribution in [3.8, 4) is 0 Å². The van der Waals surface area contributed by atoms with Crippen LogP contribution in [0.25, 0.3) is 0 Å². The van der Waals surface area contributed by atoms with E-state index < -0.39 is 0 Å². The van der Waals surface area contributed by atoms with E-state index >= 15 is 0 Å². The number of likely N-dealkylation sites (tertiary alicyclic amines) is 1. The highest BCUT2D eigenvalue weighted by Gasteiger charge is 2.26. The molecule has 3 rings (SSSR count). The van der Waals surface area contributed by atoms with Gasteiger partial charge in [0.25, 0.3) is 0 Å². The maximum atomic E-state index is 10.9. The van der Waals surface area contributed by atoms with Crippen LogP contribution in [0.15, 0.2) is 29.2 Å². The molecule has 0 aromatic heterocycles. The van der Waals surface area contributed by atoms with E-state index in [1.807, 2.05) is 11.8 Å². The number of hydrogen-bond acceptors (Lipinski definition) is 3. The van der Waals surface area contributed by atoms with Gasteiger partial charge in [-0.3, -0.25) is 0 Å². The van der Waals surface area contributed by atoms with Gasteiger partial charge in [0.05, 0.1) is 0 Å². The number of benzene rings is 1.